The highest BCUT2D eigenvalue weighted by Crippen LogP contribution is 2.54. The number of aromatic amines is 1. The third-order valence-electron chi connectivity index (χ3n) is 9.16. The van der Waals surface area contributed by atoms with Gasteiger partial charge in [-0.15, -0.1) is 0 Å². The maximum atomic E-state index is 13.1. The van der Waals surface area contributed by atoms with Gasteiger partial charge in [-0.2, -0.15) is 0 Å². The van der Waals surface area contributed by atoms with Crippen molar-refractivity contribution in [3.05, 3.63) is 36.7 Å². The standard InChI is InChI=1S/C32H42N6O4/c1-31(2,3)42-30(40)37(4)24-18-32(19-24)11-9-22(10-12-32)29(39)35-23-7-5-21(6-8-23)26-17-25-27(36-26)33-20-34-28(25)38-13-15-41-16-14-38/h5-8,17,20,22,24H,9-16,18-19H2,1-4H3,(H,35,39)(H,33,34,36). The first-order chi connectivity index (χ1) is 20.1. The van der Waals surface area contributed by atoms with Crippen LogP contribution in [0, 0.1) is 11.3 Å². The molecule has 2 aromatic heterocycles. The molecule has 1 saturated heterocycles. The molecule has 2 saturated carbocycles. The van der Waals surface area contributed by atoms with E-state index >= 15 is 0 Å². The second-order valence-corrected chi connectivity index (χ2v) is 13.2. The van der Waals surface area contributed by atoms with Gasteiger partial charge in [0.1, 0.15) is 23.4 Å². The highest BCUT2D eigenvalue weighted by Gasteiger charge is 2.49. The molecular weight excluding hydrogens is 532 g/mol. The van der Waals surface area contributed by atoms with Crippen molar-refractivity contribution in [1.29, 1.82) is 0 Å². The number of morpholine rings is 1. The monoisotopic (exact) mass is 574 g/mol. The maximum absolute atomic E-state index is 13.1. The summed E-state index contributed by atoms with van der Waals surface area (Å²) in [6.07, 6.45) is 7.15. The molecule has 3 aromatic rings. The smallest absolute Gasteiger partial charge is 0.410 e. The minimum absolute atomic E-state index is 0.0174. The van der Waals surface area contributed by atoms with Crippen molar-refractivity contribution < 1.29 is 19.1 Å². The molecule has 1 spiro atoms. The summed E-state index contributed by atoms with van der Waals surface area (Å²) in [5.74, 6) is 1.04. The Morgan fingerprint density at radius 1 is 1.10 bits per heavy atom. The molecule has 0 atom stereocenters. The molecule has 1 aromatic carbocycles. The van der Waals surface area contributed by atoms with E-state index in [4.69, 9.17) is 9.47 Å². The zero-order valence-corrected chi connectivity index (χ0v) is 25.1. The van der Waals surface area contributed by atoms with Gasteiger partial charge in [-0.1, -0.05) is 12.1 Å². The van der Waals surface area contributed by atoms with E-state index in [0.717, 1.165) is 85.4 Å². The van der Waals surface area contributed by atoms with Crippen molar-refractivity contribution in [2.45, 2.75) is 70.9 Å². The van der Waals surface area contributed by atoms with Crippen LogP contribution in [0.4, 0.5) is 16.3 Å². The van der Waals surface area contributed by atoms with Crippen molar-refractivity contribution in [2.24, 2.45) is 11.3 Å². The Morgan fingerprint density at radius 2 is 1.79 bits per heavy atom. The largest absolute Gasteiger partial charge is 0.444 e. The number of nitrogens with zero attached hydrogens (tertiary/aromatic N) is 4. The van der Waals surface area contributed by atoms with Gasteiger partial charge in [0.2, 0.25) is 5.91 Å². The fraction of sp³-hybridized carbons (Fsp3) is 0.562. The summed E-state index contributed by atoms with van der Waals surface area (Å²) < 4.78 is 11.0. The van der Waals surface area contributed by atoms with E-state index in [1.807, 2.05) is 52.1 Å². The molecule has 0 unspecified atom stereocenters. The topological polar surface area (TPSA) is 113 Å². The van der Waals surface area contributed by atoms with Crippen molar-refractivity contribution >= 4 is 34.5 Å². The van der Waals surface area contributed by atoms with Crippen LogP contribution in [-0.2, 0) is 14.3 Å². The number of hydrogen-bond acceptors (Lipinski definition) is 7. The van der Waals surface area contributed by atoms with Gasteiger partial charge < -0.3 is 29.6 Å². The molecule has 3 fully saturated rings. The van der Waals surface area contributed by atoms with E-state index in [1.165, 1.54) is 0 Å². The number of carbonyl (C=O) groups excluding carboxylic acids is 2. The third kappa shape index (κ3) is 5.95. The number of ether oxygens (including phenoxy) is 2. The van der Waals surface area contributed by atoms with Gasteiger partial charge in [-0.25, -0.2) is 14.8 Å². The van der Waals surface area contributed by atoms with Gasteiger partial charge in [0.25, 0.3) is 0 Å². The summed E-state index contributed by atoms with van der Waals surface area (Å²) in [5, 5.41) is 4.13. The van der Waals surface area contributed by atoms with Crippen LogP contribution in [0.3, 0.4) is 0 Å². The quantitative estimate of drug-likeness (QED) is 0.408. The molecule has 3 aliphatic rings. The third-order valence-corrected chi connectivity index (χ3v) is 9.16. The highest BCUT2D eigenvalue weighted by molar-refractivity contribution is 5.94. The van der Waals surface area contributed by atoms with E-state index in [2.05, 4.69) is 31.2 Å². The molecule has 224 valence electrons. The average molecular weight is 575 g/mol. The summed E-state index contributed by atoms with van der Waals surface area (Å²) in [6.45, 7) is 8.70. The number of aromatic nitrogens is 3. The number of H-pyrrole nitrogens is 1. The first-order valence-electron chi connectivity index (χ1n) is 15.1. The molecule has 0 radical (unpaired) electrons. The fourth-order valence-electron chi connectivity index (χ4n) is 6.68. The lowest BCUT2D eigenvalue weighted by atomic mass is 9.56. The van der Waals surface area contributed by atoms with Crippen LogP contribution in [0.25, 0.3) is 22.3 Å². The molecule has 1 aliphatic heterocycles. The van der Waals surface area contributed by atoms with Crippen LogP contribution in [0.5, 0.6) is 0 Å². The van der Waals surface area contributed by atoms with Crippen LogP contribution < -0.4 is 10.2 Å². The van der Waals surface area contributed by atoms with Gasteiger partial charge in [0, 0.05) is 43.5 Å². The summed E-state index contributed by atoms with van der Waals surface area (Å²) in [4.78, 5) is 42.0. The van der Waals surface area contributed by atoms with Gasteiger partial charge >= 0.3 is 6.09 Å². The molecular formula is C32H42N6O4. The molecule has 3 heterocycles. The van der Waals surface area contributed by atoms with Gasteiger partial charge in [0.15, 0.2) is 0 Å². The van der Waals surface area contributed by atoms with Crippen molar-refractivity contribution in [2.75, 3.05) is 43.6 Å². The van der Waals surface area contributed by atoms with Crippen molar-refractivity contribution in [3.63, 3.8) is 0 Å². The number of amides is 2. The van der Waals surface area contributed by atoms with E-state index in [1.54, 1.807) is 11.2 Å². The van der Waals surface area contributed by atoms with Gasteiger partial charge in [-0.3, -0.25) is 4.79 Å². The second-order valence-electron chi connectivity index (χ2n) is 13.2. The second kappa shape index (κ2) is 11.2. The fourth-order valence-corrected chi connectivity index (χ4v) is 6.68. The highest BCUT2D eigenvalue weighted by atomic mass is 16.6. The van der Waals surface area contributed by atoms with Gasteiger partial charge in [0.05, 0.1) is 18.6 Å². The Labute approximate surface area is 247 Å². The van der Waals surface area contributed by atoms with Gasteiger partial charge in [-0.05, 0) is 88.5 Å². The number of carbonyl (C=O) groups is 2. The predicted molar refractivity (Wildman–Crippen MR) is 162 cm³/mol. The van der Waals surface area contributed by atoms with E-state index in [-0.39, 0.29) is 29.4 Å². The van der Waals surface area contributed by atoms with Crippen molar-refractivity contribution in [3.8, 4) is 11.3 Å². The number of anilines is 2. The summed E-state index contributed by atoms with van der Waals surface area (Å²) in [7, 11) is 1.84. The molecule has 2 aliphatic carbocycles. The summed E-state index contributed by atoms with van der Waals surface area (Å²) >= 11 is 0. The van der Waals surface area contributed by atoms with E-state index in [0.29, 0.717) is 13.2 Å². The molecule has 2 N–H and O–H groups in total. The Hall–Kier alpha value is -3.66. The Morgan fingerprint density at radius 3 is 2.45 bits per heavy atom. The first kappa shape index (κ1) is 28.5. The Bertz CT molecular complexity index is 1420. The van der Waals surface area contributed by atoms with Crippen LogP contribution in [0.2, 0.25) is 0 Å². The van der Waals surface area contributed by atoms with E-state index in [9.17, 15) is 9.59 Å². The predicted octanol–water partition coefficient (Wildman–Crippen LogP) is 5.61. The number of fused-ring (bicyclic) bond motifs is 1. The van der Waals surface area contributed by atoms with Crippen LogP contribution >= 0.6 is 0 Å². The van der Waals surface area contributed by atoms with Crippen LogP contribution in [0.1, 0.15) is 59.3 Å². The first-order valence-corrected chi connectivity index (χ1v) is 15.1. The number of hydrogen-bond donors (Lipinski definition) is 2. The Balaban J connectivity index is 1.02. The molecule has 0 bridgehead atoms. The summed E-state index contributed by atoms with van der Waals surface area (Å²) in [5.41, 5.74) is 3.36. The SMILES string of the molecule is CN(C(=O)OC(C)(C)C)C1CC2(CCC(C(=O)Nc3ccc(-c4cc5c(N6CCOCC6)ncnc5[nH]4)cc3)CC2)C1. The molecule has 2 amide bonds. The molecule has 42 heavy (non-hydrogen) atoms. The molecule has 6 rings (SSSR count). The normalized spacial score (nSPS) is 24.3. The number of nitrogens with one attached hydrogen (secondary N) is 2. The minimum atomic E-state index is -0.489. The molecule has 10 nitrogen and oxygen atoms in total. The van der Waals surface area contributed by atoms with E-state index < -0.39 is 5.60 Å². The minimum Gasteiger partial charge on any atom is -0.444 e. The maximum Gasteiger partial charge on any atom is 0.410 e. The summed E-state index contributed by atoms with van der Waals surface area (Å²) in [6, 6.07) is 10.3. The number of rotatable bonds is 5. The zero-order chi connectivity index (χ0) is 29.5. The molecule has 10 heteroatoms. The van der Waals surface area contributed by atoms with Crippen molar-refractivity contribution in [1.82, 2.24) is 19.9 Å². The average Bonchev–Trinajstić information content (AvgIpc) is 3.40. The number of benzene rings is 1. The lowest BCUT2D eigenvalue weighted by Gasteiger charge is -2.53. The van der Waals surface area contributed by atoms with Crippen LogP contribution in [0.15, 0.2) is 36.7 Å². The lowest BCUT2D eigenvalue weighted by molar-refractivity contribution is -0.122. The Kier molecular flexibility index (Phi) is 7.59. The van der Waals surface area contributed by atoms with Crippen LogP contribution in [-0.4, -0.2) is 76.8 Å². The lowest BCUT2D eigenvalue weighted by Crippen LogP contribution is -2.53. The zero-order valence-electron chi connectivity index (χ0n) is 25.1.